The molecular weight excluding hydrogens is 885 g/mol. The van der Waals surface area contributed by atoms with Crippen molar-refractivity contribution in [2.75, 3.05) is 49.1 Å². The van der Waals surface area contributed by atoms with Gasteiger partial charge in [0.15, 0.2) is 17.0 Å². The van der Waals surface area contributed by atoms with Crippen LogP contribution >= 0.6 is 0 Å². The standard InChI is InChI=1S/C56H56N6O8/c1-37(61(2)3)58-52-51-53(60-54(63)59-52)62(36-57-51)50-34-48(70-56(39-16-12-9-13-17-39,42-22-30-46(66-6)31-23-42)43-24-32-47(67-7)33-25-43)49(69-50)35-68-55(38-14-10-8-11-15-38,40-18-26-44(64-4)27-19-40)41-20-28-45(65-5)29-21-41/h8-33,36,48-50H,34-35H2,1-7H3,(H,59,60,63)/t48-,49+,50+/m0/s1. The lowest BCUT2D eigenvalue weighted by molar-refractivity contribution is -0.125. The zero-order valence-electron chi connectivity index (χ0n) is 40.2. The fraction of sp³-hybridized carbons (Fsp3) is 0.250. The van der Waals surface area contributed by atoms with Gasteiger partial charge in [-0.15, -0.1) is 0 Å². The molecule has 9 rings (SSSR count). The molecule has 1 N–H and O–H groups in total. The van der Waals surface area contributed by atoms with Gasteiger partial charge >= 0.3 is 5.69 Å². The van der Waals surface area contributed by atoms with Crippen molar-refractivity contribution in [1.29, 1.82) is 0 Å². The van der Waals surface area contributed by atoms with Gasteiger partial charge in [-0.25, -0.2) is 14.8 Å². The average molecular weight is 941 g/mol. The minimum absolute atomic E-state index is 0.0302. The molecule has 3 atom stereocenters. The zero-order chi connectivity index (χ0) is 48.8. The van der Waals surface area contributed by atoms with E-state index in [4.69, 9.17) is 43.1 Å². The number of aromatic nitrogens is 4. The van der Waals surface area contributed by atoms with Crippen LogP contribution in [0.1, 0.15) is 53.0 Å². The Morgan fingerprint density at radius 1 is 0.657 bits per heavy atom. The molecule has 3 heterocycles. The molecule has 14 heteroatoms. The van der Waals surface area contributed by atoms with Crippen molar-refractivity contribution < 1.29 is 33.2 Å². The van der Waals surface area contributed by atoms with E-state index in [0.29, 0.717) is 52.2 Å². The topological polar surface area (TPSA) is 144 Å². The van der Waals surface area contributed by atoms with Crippen molar-refractivity contribution in [2.45, 2.75) is 43.0 Å². The Labute approximate surface area is 407 Å². The summed E-state index contributed by atoms with van der Waals surface area (Å²) in [6, 6.07) is 51.9. The Hall–Kier alpha value is -7.78. The molecule has 0 saturated carbocycles. The molecule has 0 aliphatic carbocycles. The van der Waals surface area contributed by atoms with E-state index in [1.165, 1.54) is 0 Å². The Bertz CT molecular complexity index is 2990. The van der Waals surface area contributed by atoms with Crippen LogP contribution in [0.3, 0.4) is 0 Å². The van der Waals surface area contributed by atoms with Gasteiger partial charge in [0.2, 0.25) is 0 Å². The van der Waals surface area contributed by atoms with Gasteiger partial charge in [0.25, 0.3) is 0 Å². The van der Waals surface area contributed by atoms with Crippen molar-refractivity contribution >= 4 is 22.8 Å². The van der Waals surface area contributed by atoms with Crippen LogP contribution in [0.15, 0.2) is 174 Å². The minimum atomic E-state index is -1.22. The molecule has 0 spiro atoms. The first-order chi connectivity index (χ1) is 34.1. The molecule has 6 aromatic carbocycles. The first-order valence-corrected chi connectivity index (χ1v) is 23.0. The second-order valence-electron chi connectivity index (χ2n) is 17.1. The monoisotopic (exact) mass is 940 g/mol. The summed E-state index contributed by atoms with van der Waals surface area (Å²) in [7, 11) is 10.4. The number of ether oxygens (including phenoxy) is 7. The molecule has 0 amide bonds. The molecule has 1 saturated heterocycles. The van der Waals surface area contributed by atoms with Gasteiger partial charge < -0.3 is 38.1 Å². The smallest absolute Gasteiger partial charge is 0.348 e. The number of nitrogens with zero attached hydrogens (tertiary/aromatic N) is 5. The average Bonchev–Trinajstić information content (AvgIpc) is 4.02. The minimum Gasteiger partial charge on any atom is -0.497 e. The first-order valence-electron chi connectivity index (χ1n) is 23.0. The summed E-state index contributed by atoms with van der Waals surface area (Å²) in [5.74, 6) is 3.77. The van der Waals surface area contributed by atoms with Crippen LogP contribution in [-0.4, -0.2) is 91.6 Å². The summed E-state index contributed by atoms with van der Waals surface area (Å²) in [6.07, 6.45) is -0.203. The number of methoxy groups -OCH3 is 4. The summed E-state index contributed by atoms with van der Waals surface area (Å²) in [6.45, 7) is 1.88. The zero-order valence-corrected chi connectivity index (χ0v) is 40.2. The molecular formula is C56H56N6O8. The van der Waals surface area contributed by atoms with E-state index < -0.39 is 35.3 Å². The number of amidine groups is 1. The van der Waals surface area contributed by atoms with Gasteiger partial charge in [0, 0.05) is 20.5 Å². The number of aromatic amines is 1. The molecule has 358 valence electrons. The number of nitrogens with one attached hydrogen (secondary N) is 1. The largest absolute Gasteiger partial charge is 0.497 e. The highest BCUT2D eigenvalue weighted by Crippen LogP contribution is 2.48. The SMILES string of the molecule is COc1ccc(C(OC[C@H]2O[C@@H](n3cnc4c(N=C(C)N(C)C)[nH]c(=O)nc43)C[C@@H]2OC(c2ccccc2)(c2ccc(OC)cc2)c2ccc(OC)cc2)(c2ccccc2)c2ccc(OC)cc2)cc1. The normalized spacial score (nSPS) is 16.3. The van der Waals surface area contributed by atoms with Crippen LogP contribution in [0.2, 0.25) is 0 Å². The molecule has 0 radical (unpaired) electrons. The first kappa shape index (κ1) is 47.3. The van der Waals surface area contributed by atoms with E-state index in [1.54, 1.807) is 39.3 Å². The lowest BCUT2D eigenvalue weighted by atomic mass is 9.79. The van der Waals surface area contributed by atoms with Crippen LogP contribution in [0.25, 0.3) is 11.2 Å². The summed E-state index contributed by atoms with van der Waals surface area (Å²) in [4.78, 5) is 31.8. The van der Waals surface area contributed by atoms with E-state index in [1.807, 2.05) is 159 Å². The summed E-state index contributed by atoms with van der Waals surface area (Å²) < 4.78 is 47.0. The van der Waals surface area contributed by atoms with E-state index >= 15 is 0 Å². The van der Waals surface area contributed by atoms with Gasteiger partial charge in [0.1, 0.15) is 52.4 Å². The number of aliphatic imine (C=N–C) groups is 1. The van der Waals surface area contributed by atoms with Crippen molar-refractivity contribution in [3.8, 4) is 23.0 Å². The third kappa shape index (κ3) is 9.11. The van der Waals surface area contributed by atoms with Crippen molar-refractivity contribution in [3.63, 3.8) is 0 Å². The number of H-pyrrole nitrogens is 1. The summed E-state index contributed by atoms with van der Waals surface area (Å²) in [5, 5.41) is 0. The predicted molar refractivity (Wildman–Crippen MR) is 269 cm³/mol. The quantitative estimate of drug-likeness (QED) is 0.0530. The second-order valence-corrected chi connectivity index (χ2v) is 17.1. The van der Waals surface area contributed by atoms with Gasteiger partial charge in [-0.3, -0.25) is 9.55 Å². The second kappa shape index (κ2) is 20.4. The Kier molecular flexibility index (Phi) is 13.8. The molecule has 1 aliphatic rings. The van der Waals surface area contributed by atoms with Crippen molar-refractivity contribution in [2.24, 2.45) is 4.99 Å². The molecule has 70 heavy (non-hydrogen) atoms. The van der Waals surface area contributed by atoms with Gasteiger partial charge in [-0.1, -0.05) is 109 Å². The van der Waals surface area contributed by atoms with Crippen LogP contribution in [0.5, 0.6) is 23.0 Å². The number of benzene rings is 6. The Morgan fingerprint density at radius 3 is 1.53 bits per heavy atom. The van der Waals surface area contributed by atoms with Gasteiger partial charge in [0.05, 0.1) is 47.5 Å². The fourth-order valence-electron chi connectivity index (χ4n) is 9.15. The van der Waals surface area contributed by atoms with Crippen LogP contribution in [0, 0.1) is 0 Å². The summed E-state index contributed by atoms with van der Waals surface area (Å²) >= 11 is 0. The maximum Gasteiger partial charge on any atom is 0.348 e. The molecule has 1 aliphatic heterocycles. The lowest BCUT2D eigenvalue weighted by Crippen LogP contribution is -2.43. The Balaban J connectivity index is 1.23. The van der Waals surface area contributed by atoms with Crippen molar-refractivity contribution in [1.82, 2.24) is 24.4 Å². The number of hydrogen-bond donors (Lipinski definition) is 1. The molecule has 1 fully saturated rings. The third-order valence-electron chi connectivity index (χ3n) is 13.0. The lowest BCUT2D eigenvalue weighted by Gasteiger charge is -2.40. The number of hydrogen-bond acceptors (Lipinski definition) is 11. The van der Waals surface area contributed by atoms with Crippen molar-refractivity contribution in [3.05, 3.63) is 208 Å². The van der Waals surface area contributed by atoms with E-state index in [-0.39, 0.29) is 6.61 Å². The van der Waals surface area contributed by atoms with E-state index in [9.17, 15) is 4.79 Å². The molecule has 2 aromatic heterocycles. The maximum atomic E-state index is 13.3. The maximum absolute atomic E-state index is 13.3. The van der Waals surface area contributed by atoms with Gasteiger partial charge in [-0.2, -0.15) is 4.98 Å². The predicted octanol–water partition coefficient (Wildman–Crippen LogP) is 9.44. The van der Waals surface area contributed by atoms with Crippen LogP contribution in [0.4, 0.5) is 5.82 Å². The fourth-order valence-corrected chi connectivity index (χ4v) is 9.15. The van der Waals surface area contributed by atoms with Crippen LogP contribution < -0.4 is 24.6 Å². The highest BCUT2D eigenvalue weighted by molar-refractivity contribution is 5.88. The summed E-state index contributed by atoms with van der Waals surface area (Å²) in [5.41, 5.74) is 2.94. The highest BCUT2D eigenvalue weighted by atomic mass is 16.6. The van der Waals surface area contributed by atoms with E-state index in [0.717, 1.165) is 33.4 Å². The third-order valence-corrected chi connectivity index (χ3v) is 13.0. The van der Waals surface area contributed by atoms with E-state index in [2.05, 4.69) is 34.2 Å². The number of imidazole rings is 1. The molecule has 0 unspecified atom stereocenters. The van der Waals surface area contributed by atoms with Gasteiger partial charge in [-0.05, 0) is 88.8 Å². The van der Waals surface area contributed by atoms with Crippen LogP contribution in [-0.2, 0) is 25.4 Å². The molecule has 14 nitrogen and oxygen atoms in total. The Morgan fingerprint density at radius 2 is 1.09 bits per heavy atom. The molecule has 0 bridgehead atoms. The number of fused-ring (bicyclic) bond motifs is 1. The highest BCUT2D eigenvalue weighted by Gasteiger charge is 2.48. The molecule has 8 aromatic rings. The number of rotatable bonds is 17.